The first-order valence-corrected chi connectivity index (χ1v) is 8.61. The van der Waals surface area contributed by atoms with Gasteiger partial charge in [-0.3, -0.25) is 4.79 Å². The van der Waals surface area contributed by atoms with Crippen LogP contribution in [0.4, 0.5) is 5.95 Å². The molecule has 0 bridgehead atoms. The lowest BCUT2D eigenvalue weighted by Crippen LogP contribution is -2.32. The number of carbonyl (C=O) groups excluding carboxylic acids is 1. The van der Waals surface area contributed by atoms with E-state index in [0.717, 1.165) is 0 Å². The number of nitrogens with zero attached hydrogens (tertiary/aromatic N) is 3. The molecular weight excluding hydrogens is 366 g/mol. The number of allylic oxidation sites excluding steroid dienone is 1. The van der Waals surface area contributed by atoms with Crippen LogP contribution in [0, 0.1) is 0 Å². The number of aromatic hydroxyl groups is 1. The van der Waals surface area contributed by atoms with Gasteiger partial charge in [-0.1, -0.05) is 41.9 Å². The molecule has 0 saturated heterocycles. The Bertz CT molecular complexity index is 1090. The van der Waals surface area contributed by atoms with Crippen LogP contribution in [0.1, 0.15) is 18.5 Å². The van der Waals surface area contributed by atoms with Crippen LogP contribution in [0.2, 0.25) is 5.02 Å². The van der Waals surface area contributed by atoms with E-state index in [1.165, 1.54) is 0 Å². The number of hydrogen-bond donors (Lipinski definition) is 3. The molecular formula is C19H16ClN5O2. The number of anilines is 1. The first kappa shape index (κ1) is 17.1. The quantitative estimate of drug-likeness (QED) is 0.646. The van der Waals surface area contributed by atoms with Gasteiger partial charge in [0.15, 0.2) is 5.82 Å². The van der Waals surface area contributed by atoms with E-state index >= 15 is 0 Å². The summed E-state index contributed by atoms with van der Waals surface area (Å²) < 4.78 is 1.59. The zero-order valence-electron chi connectivity index (χ0n) is 14.3. The number of nitrogens with one attached hydrogen (secondary N) is 1. The van der Waals surface area contributed by atoms with Gasteiger partial charge in [0, 0.05) is 21.8 Å². The molecule has 7 nitrogen and oxygen atoms in total. The molecule has 27 heavy (non-hydrogen) atoms. The van der Waals surface area contributed by atoms with E-state index in [1.807, 2.05) is 18.2 Å². The summed E-state index contributed by atoms with van der Waals surface area (Å²) in [5.41, 5.74) is 7.96. The Balaban J connectivity index is 1.92. The fourth-order valence-electron chi connectivity index (χ4n) is 3.22. The minimum atomic E-state index is -0.606. The molecule has 3 aromatic rings. The first-order valence-electron chi connectivity index (χ1n) is 8.23. The fourth-order valence-corrected chi connectivity index (χ4v) is 3.46. The summed E-state index contributed by atoms with van der Waals surface area (Å²) in [6.45, 7) is 1.76. The lowest BCUT2D eigenvalue weighted by molar-refractivity contribution is -0.115. The van der Waals surface area contributed by atoms with Gasteiger partial charge in [0.05, 0.1) is 5.57 Å². The van der Waals surface area contributed by atoms with Gasteiger partial charge in [-0.05, 0) is 25.1 Å². The number of primary amides is 1. The molecule has 0 saturated carbocycles. The van der Waals surface area contributed by atoms with Crippen LogP contribution in [0.3, 0.4) is 0 Å². The third-order valence-electron chi connectivity index (χ3n) is 4.42. The second-order valence-electron chi connectivity index (χ2n) is 6.21. The molecule has 2 heterocycles. The number of fused-ring (bicyclic) bond motifs is 1. The molecule has 0 fully saturated rings. The van der Waals surface area contributed by atoms with Crippen molar-refractivity contribution in [2.45, 2.75) is 13.0 Å². The van der Waals surface area contributed by atoms with Gasteiger partial charge in [0.1, 0.15) is 11.8 Å². The molecule has 0 aliphatic carbocycles. The minimum Gasteiger partial charge on any atom is -0.508 e. The van der Waals surface area contributed by atoms with E-state index in [2.05, 4.69) is 15.4 Å². The van der Waals surface area contributed by atoms with Crippen LogP contribution >= 0.6 is 11.6 Å². The summed E-state index contributed by atoms with van der Waals surface area (Å²) in [7, 11) is 0. The maximum Gasteiger partial charge on any atom is 0.248 e. The van der Waals surface area contributed by atoms with Crippen molar-refractivity contribution in [1.29, 1.82) is 0 Å². The zero-order valence-corrected chi connectivity index (χ0v) is 15.1. The van der Waals surface area contributed by atoms with Crippen LogP contribution < -0.4 is 11.1 Å². The van der Waals surface area contributed by atoms with Crippen LogP contribution in [-0.2, 0) is 4.79 Å². The van der Waals surface area contributed by atoms with Gasteiger partial charge in [-0.15, -0.1) is 5.10 Å². The number of phenolic OH excluding ortho intramolecular Hbond substituents is 1. The standard InChI is InChI=1S/C19H16ClN5O2/c1-10-15(17(21)27)16(13-7-2-3-8-14(13)20)25-19(22-10)23-18(24-25)11-5-4-6-12(26)9-11/h2-9,16,26H,1H3,(H2,21,27)(H,22,23,24). The van der Waals surface area contributed by atoms with Crippen LogP contribution in [0.15, 0.2) is 59.8 Å². The van der Waals surface area contributed by atoms with Gasteiger partial charge in [-0.2, -0.15) is 4.98 Å². The molecule has 8 heteroatoms. The second-order valence-corrected chi connectivity index (χ2v) is 6.61. The van der Waals surface area contributed by atoms with E-state index < -0.39 is 11.9 Å². The van der Waals surface area contributed by atoms with Gasteiger partial charge >= 0.3 is 0 Å². The SMILES string of the molecule is CC1=C(C(N)=O)C(c2ccccc2Cl)n2nc(-c3cccc(O)c3)nc2N1. The maximum atomic E-state index is 12.2. The summed E-state index contributed by atoms with van der Waals surface area (Å²) >= 11 is 6.40. The van der Waals surface area contributed by atoms with Gasteiger partial charge in [0.25, 0.3) is 0 Å². The molecule has 1 atom stereocenters. The van der Waals surface area contributed by atoms with Crippen molar-refractivity contribution in [1.82, 2.24) is 14.8 Å². The second kappa shape index (κ2) is 6.44. The molecule has 136 valence electrons. The van der Waals surface area contributed by atoms with Gasteiger partial charge < -0.3 is 16.2 Å². The maximum absolute atomic E-state index is 12.2. The van der Waals surface area contributed by atoms with Crippen molar-refractivity contribution in [2.75, 3.05) is 5.32 Å². The van der Waals surface area contributed by atoms with Crippen molar-refractivity contribution in [3.8, 4) is 17.1 Å². The Labute approximate surface area is 160 Å². The molecule has 0 spiro atoms. The molecule has 1 amide bonds. The van der Waals surface area contributed by atoms with E-state index in [0.29, 0.717) is 39.2 Å². The highest BCUT2D eigenvalue weighted by Gasteiger charge is 2.34. The summed E-state index contributed by atoms with van der Waals surface area (Å²) in [5.74, 6) is 0.415. The average molecular weight is 382 g/mol. The van der Waals surface area contributed by atoms with Crippen LogP contribution in [0.25, 0.3) is 11.4 Å². The van der Waals surface area contributed by atoms with E-state index in [-0.39, 0.29) is 5.75 Å². The van der Waals surface area contributed by atoms with Gasteiger partial charge in [0.2, 0.25) is 11.9 Å². The first-order chi connectivity index (χ1) is 13.0. The van der Waals surface area contributed by atoms with Gasteiger partial charge in [-0.25, -0.2) is 4.68 Å². The van der Waals surface area contributed by atoms with Crippen LogP contribution in [-0.4, -0.2) is 25.8 Å². The number of benzene rings is 2. The minimum absolute atomic E-state index is 0.114. The Morgan fingerprint density at radius 1 is 1.26 bits per heavy atom. The smallest absolute Gasteiger partial charge is 0.248 e. The number of halogens is 1. The van der Waals surface area contributed by atoms with Crippen LogP contribution in [0.5, 0.6) is 5.75 Å². The molecule has 4 N–H and O–H groups in total. The van der Waals surface area contributed by atoms with Crippen molar-refractivity contribution in [3.63, 3.8) is 0 Å². The number of phenols is 1. The van der Waals surface area contributed by atoms with E-state index in [9.17, 15) is 9.90 Å². The summed E-state index contributed by atoms with van der Waals surface area (Å²) in [4.78, 5) is 16.7. The summed E-state index contributed by atoms with van der Waals surface area (Å²) in [6, 6.07) is 13.3. The lowest BCUT2D eigenvalue weighted by Gasteiger charge is -2.28. The highest BCUT2D eigenvalue weighted by atomic mass is 35.5. The molecule has 2 aromatic carbocycles. The third kappa shape index (κ3) is 2.92. The Hall–Kier alpha value is -3.32. The predicted molar refractivity (Wildman–Crippen MR) is 102 cm³/mol. The number of hydrogen-bond acceptors (Lipinski definition) is 5. The van der Waals surface area contributed by atoms with Crippen molar-refractivity contribution >= 4 is 23.5 Å². The van der Waals surface area contributed by atoms with E-state index in [1.54, 1.807) is 41.9 Å². The number of nitrogens with two attached hydrogens (primary N) is 1. The average Bonchev–Trinajstić information content (AvgIpc) is 3.04. The summed E-state index contributed by atoms with van der Waals surface area (Å²) in [5, 5.41) is 17.9. The Morgan fingerprint density at radius 2 is 2.04 bits per heavy atom. The van der Waals surface area contributed by atoms with Crippen molar-refractivity contribution in [3.05, 3.63) is 70.4 Å². The number of aromatic nitrogens is 3. The fraction of sp³-hybridized carbons (Fsp3) is 0.105. The Morgan fingerprint density at radius 3 is 2.74 bits per heavy atom. The molecule has 0 radical (unpaired) electrons. The third-order valence-corrected chi connectivity index (χ3v) is 4.77. The monoisotopic (exact) mass is 381 g/mol. The topological polar surface area (TPSA) is 106 Å². The largest absolute Gasteiger partial charge is 0.508 e. The van der Waals surface area contributed by atoms with E-state index in [4.69, 9.17) is 17.3 Å². The molecule has 1 unspecified atom stereocenters. The lowest BCUT2D eigenvalue weighted by atomic mass is 9.95. The van der Waals surface area contributed by atoms with Crippen molar-refractivity contribution in [2.24, 2.45) is 5.73 Å². The number of carbonyl (C=O) groups is 1. The summed E-state index contributed by atoms with van der Waals surface area (Å²) in [6.07, 6.45) is 0. The number of amides is 1. The molecule has 1 aliphatic rings. The number of rotatable bonds is 3. The van der Waals surface area contributed by atoms with Crippen molar-refractivity contribution < 1.29 is 9.90 Å². The highest BCUT2D eigenvalue weighted by Crippen LogP contribution is 2.38. The Kier molecular flexibility index (Phi) is 4.08. The predicted octanol–water partition coefficient (Wildman–Crippen LogP) is 3.08. The normalized spacial score (nSPS) is 16.0. The zero-order chi connectivity index (χ0) is 19.1. The molecule has 1 aliphatic heterocycles. The molecule has 4 rings (SSSR count). The highest BCUT2D eigenvalue weighted by molar-refractivity contribution is 6.31. The molecule has 1 aromatic heterocycles.